The molecule has 0 aromatic rings. The minimum Gasteiger partial charge on any atom is -0.756 e. The van der Waals surface area contributed by atoms with Crippen LogP contribution in [0.25, 0.3) is 0 Å². The zero-order valence-electron chi connectivity index (χ0n) is 14.8. The molecule has 0 aromatic heterocycles. The molecule has 0 spiro atoms. The van der Waals surface area contributed by atoms with Gasteiger partial charge in [-0.25, -0.2) is 0 Å². The van der Waals surface area contributed by atoms with E-state index in [9.17, 15) is 9.46 Å². The second-order valence-electron chi connectivity index (χ2n) is 5.87. The third-order valence-electron chi connectivity index (χ3n) is 4.02. The first-order chi connectivity index (χ1) is 9.99. The molecule has 0 amide bonds. The van der Waals surface area contributed by atoms with Crippen LogP contribution in [0.5, 0.6) is 0 Å². The topological polar surface area (TPSA) is 58.6 Å². The van der Waals surface area contributed by atoms with Crippen molar-refractivity contribution < 1.29 is 44.3 Å². The summed E-state index contributed by atoms with van der Waals surface area (Å²) < 4.78 is 21.9. The Balaban J connectivity index is 0. The van der Waals surface area contributed by atoms with Crippen LogP contribution in [0.2, 0.25) is 0 Å². The molecule has 0 bridgehead atoms. The van der Waals surface area contributed by atoms with Crippen LogP contribution in [0.4, 0.5) is 0 Å². The van der Waals surface area contributed by atoms with E-state index in [1.165, 1.54) is 0 Å². The van der Waals surface area contributed by atoms with Crippen molar-refractivity contribution in [1.29, 1.82) is 0 Å². The van der Waals surface area contributed by atoms with Crippen molar-refractivity contribution in [3.63, 3.8) is 0 Å². The molecule has 0 saturated heterocycles. The molecule has 22 heavy (non-hydrogen) atoms. The van der Waals surface area contributed by atoms with Gasteiger partial charge < -0.3 is 13.9 Å². The van der Waals surface area contributed by atoms with Crippen molar-refractivity contribution >= 4 is 7.82 Å². The Morgan fingerprint density at radius 2 is 1.23 bits per heavy atom. The molecule has 0 aromatic carbocycles. The molecule has 2 atom stereocenters. The summed E-state index contributed by atoms with van der Waals surface area (Å²) in [7, 11) is -4.14. The van der Waals surface area contributed by atoms with Crippen LogP contribution in [0, 0.1) is 11.8 Å². The summed E-state index contributed by atoms with van der Waals surface area (Å²) in [5.74, 6) is 0.607. The normalized spacial score (nSPS) is 16.6. The zero-order chi connectivity index (χ0) is 16.1. The third-order valence-corrected chi connectivity index (χ3v) is 4.95. The number of hydrogen-bond donors (Lipinski definition) is 0. The van der Waals surface area contributed by atoms with E-state index < -0.39 is 7.82 Å². The first-order valence-corrected chi connectivity index (χ1v) is 10.0. The van der Waals surface area contributed by atoms with Crippen molar-refractivity contribution in [3.8, 4) is 0 Å². The van der Waals surface area contributed by atoms with Gasteiger partial charge in [-0.1, -0.05) is 66.2 Å². The van der Waals surface area contributed by atoms with E-state index in [0.717, 1.165) is 51.4 Å². The van der Waals surface area contributed by atoms with Gasteiger partial charge in [0.25, 0.3) is 7.82 Å². The maximum absolute atomic E-state index is 11.8. The Bertz CT molecular complexity index is 265. The predicted molar refractivity (Wildman–Crippen MR) is 86.1 cm³/mol. The van der Waals surface area contributed by atoms with Crippen molar-refractivity contribution in [2.45, 2.75) is 79.1 Å². The van der Waals surface area contributed by atoms with Gasteiger partial charge in [0.15, 0.2) is 0 Å². The number of hydrogen-bond acceptors (Lipinski definition) is 4. The second kappa shape index (κ2) is 15.5. The van der Waals surface area contributed by atoms with Crippen LogP contribution in [-0.4, -0.2) is 13.2 Å². The van der Waals surface area contributed by atoms with Crippen LogP contribution in [0.15, 0.2) is 0 Å². The monoisotopic (exact) mass is 501 g/mol. The fraction of sp³-hybridized carbons (Fsp3) is 1.00. The molecular weight excluding hydrogens is 466 g/mol. The van der Waals surface area contributed by atoms with Crippen LogP contribution in [0.1, 0.15) is 79.1 Å². The van der Waals surface area contributed by atoms with Crippen molar-refractivity contribution in [2.75, 3.05) is 13.2 Å². The maximum atomic E-state index is 11.8. The number of unbranched alkanes of at least 4 members (excludes halogenated alkanes) is 2. The summed E-state index contributed by atoms with van der Waals surface area (Å²) in [5, 5.41) is 0. The standard InChI is InChI=1S/C16H35O4P.Hf/c1-5-9-11-15(7-3)13-19-21(17,18)20-14-16(8-4)12-10-6-2;/h15-16H,5-14H2,1-4H3,(H,17,18);/p-1. The molecular formula is C16H34HfO4P-. The molecule has 0 aliphatic heterocycles. The SMILES string of the molecule is CCCCC(CC)COP(=O)([O-])OCC(CC)CCCC.[Hf]. The van der Waals surface area contributed by atoms with Gasteiger partial charge in [-0.2, -0.15) is 0 Å². The molecule has 6 heteroatoms. The van der Waals surface area contributed by atoms with E-state index in [1.807, 2.05) is 0 Å². The average Bonchev–Trinajstić information content (AvgIpc) is 2.47. The summed E-state index contributed by atoms with van der Waals surface area (Å²) in [6.45, 7) is 8.91. The maximum Gasteiger partial charge on any atom is 0.267 e. The number of rotatable bonds is 14. The molecule has 0 heterocycles. The summed E-state index contributed by atoms with van der Waals surface area (Å²) in [6, 6.07) is 0. The number of phosphoric ester groups is 1. The molecule has 2 unspecified atom stereocenters. The fourth-order valence-electron chi connectivity index (χ4n) is 2.23. The Labute approximate surface area is 156 Å². The Hall–Kier alpha value is 0.980. The zero-order valence-corrected chi connectivity index (χ0v) is 19.3. The van der Waals surface area contributed by atoms with Gasteiger partial charge in [0.05, 0.1) is 13.2 Å². The van der Waals surface area contributed by atoms with Crippen LogP contribution in [0.3, 0.4) is 0 Å². The molecule has 0 aliphatic carbocycles. The van der Waals surface area contributed by atoms with E-state index in [1.54, 1.807) is 0 Å². The summed E-state index contributed by atoms with van der Waals surface area (Å²) in [5.41, 5.74) is 0. The van der Waals surface area contributed by atoms with Crippen LogP contribution in [-0.2, 0) is 39.5 Å². The van der Waals surface area contributed by atoms with Crippen molar-refractivity contribution in [3.05, 3.63) is 0 Å². The number of phosphoric acid groups is 1. The molecule has 132 valence electrons. The van der Waals surface area contributed by atoms with Gasteiger partial charge in [0.1, 0.15) is 0 Å². The Morgan fingerprint density at radius 1 is 0.864 bits per heavy atom. The smallest absolute Gasteiger partial charge is 0.267 e. The van der Waals surface area contributed by atoms with Crippen LogP contribution < -0.4 is 4.89 Å². The quantitative estimate of drug-likeness (QED) is 0.251. The summed E-state index contributed by atoms with van der Waals surface area (Å²) in [4.78, 5) is 11.8. The van der Waals surface area contributed by atoms with Gasteiger partial charge in [-0.15, -0.1) is 0 Å². The van der Waals surface area contributed by atoms with E-state index in [4.69, 9.17) is 9.05 Å². The van der Waals surface area contributed by atoms with Gasteiger partial charge >= 0.3 is 0 Å². The molecule has 4 nitrogen and oxygen atoms in total. The largest absolute Gasteiger partial charge is 0.756 e. The average molecular weight is 500 g/mol. The first-order valence-electron chi connectivity index (χ1n) is 8.59. The molecule has 0 N–H and O–H groups in total. The predicted octanol–water partition coefficient (Wildman–Crippen LogP) is 4.92. The van der Waals surface area contributed by atoms with E-state index in [-0.39, 0.29) is 39.1 Å². The van der Waals surface area contributed by atoms with Crippen molar-refractivity contribution in [1.82, 2.24) is 0 Å². The Morgan fingerprint density at radius 3 is 1.50 bits per heavy atom. The molecule has 0 fully saturated rings. The fourth-order valence-corrected chi connectivity index (χ4v) is 3.09. The molecule has 0 aliphatic rings. The van der Waals surface area contributed by atoms with Crippen molar-refractivity contribution in [2.24, 2.45) is 11.8 Å². The minimum absolute atomic E-state index is 0. The summed E-state index contributed by atoms with van der Waals surface area (Å²) >= 11 is 0. The molecule has 0 rings (SSSR count). The van der Waals surface area contributed by atoms with Gasteiger partial charge in [-0.05, 0) is 24.7 Å². The van der Waals surface area contributed by atoms with Gasteiger partial charge in [-0.3, -0.25) is 4.57 Å². The summed E-state index contributed by atoms with van der Waals surface area (Å²) in [6.07, 6.45) is 8.38. The third kappa shape index (κ3) is 13.4. The van der Waals surface area contributed by atoms with Gasteiger partial charge in [0.2, 0.25) is 0 Å². The van der Waals surface area contributed by atoms with E-state index in [0.29, 0.717) is 11.8 Å². The molecule has 0 saturated carbocycles. The van der Waals surface area contributed by atoms with E-state index in [2.05, 4.69) is 27.7 Å². The van der Waals surface area contributed by atoms with Crippen LogP contribution >= 0.6 is 7.82 Å². The first kappa shape index (κ1) is 25.2. The second-order valence-corrected chi connectivity index (χ2v) is 7.28. The van der Waals surface area contributed by atoms with Gasteiger partial charge in [0, 0.05) is 25.8 Å². The molecule has 0 radical (unpaired) electrons. The minimum atomic E-state index is -4.14. The van der Waals surface area contributed by atoms with E-state index >= 15 is 0 Å². The Kier molecular flexibility index (Phi) is 17.8.